The molecule has 41 heavy (non-hydrogen) atoms. The summed E-state index contributed by atoms with van der Waals surface area (Å²) in [6.07, 6.45) is 0. The van der Waals surface area contributed by atoms with Crippen molar-refractivity contribution >= 4 is 67.5 Å². The Labute approximate surface area is 240 Å². The molecular weight excluding hydrogens is 513 g/mol. The van der Waals surface area contributed by atoms with Crippen molar-refractivity contribution in [1.29, 1.82) is 0 Å². The summed E-state index contributed by atoms with van der Waals surface area (Å²) in [6.45, 7) is 7.16. The van der Waals surface area contributed by atoms with Crippen molar-refractivity contribution in [3.05, 3.63) is 127 Å². The third-order valence-electron chi connectivity index (χ3n) is 8.63. The minimum absolute atomic E-state index is 0.985. The first kappa shape index (κ1) is 24.2. The van der Waals surface area contributed by atoms with Crippen molar-refractivity contribution in [1.82, 2.24) is 0 Å². The predicted octanol–water partition coefficient (Wildman–Crippen LogP) is 10.9. The Hall–Kier alpha value is -4.66. The van der Waals surface area contributed by atoms with Crippen LogP contribution in [-0.4, -0.2) is 8.07 Å². The van der Waals surface area contributed by atoms with Gasteiger partial charge in [-0.2, -0.15) is 0 Å². The van der Waals surface area contributed by atoms with Crippen LogP contribution in [0.5, 0.6) is 0 Å². The highest BCUT2D eigenvalue weighted by Gasteiger charge is 2.20. The molecule has 8 aromatic rings. The molecule has 0 fully saturated rings. The van der Waals surface area contributed by atoms with Crippen LogP contribution in [0, 0.1) is 0 Å². The van der Waals surface area contributed by atoms with Gasteiger partial charge in [0.15, 0.2) is 0 Å². The van der Waals surface area contributed by atoms with Crippen LogP contribution in [0.25, 0.3) is 76.5 Å². The van der Waals surface area contributed by atoms with E-state index in [1.807, 2.05) is 0 Å². The molecule has 0 saturated heterocycles. The highest BCUT2D eigenvalue weighted by molar-refractivity contribution is 6.88. The second-order valence-corrected chi connectivity index (χ2v) is 17.3. The van der Waals surface area contributed by atoms with Crippen molar-refractivity contribution < 1.29 is 4.42 Å². The first-order chi connectivity index (χ1) is 20.0. The van der Waals surface area contributed by atoms with Gasteiger partial charge in [0.1, 0.15) is 11.2 Å². The Balaban J connectivity index is 1.30. The SMILES string of the molecule is C[Si](C)(C)c1ccc2c(c1)oc1c3ccc(-c4ccc(-c5cccc6ccccc56)cc4)cc3c3ccccc3c21. The number of fused-ring (bicyclic) bond motifs is 9. The van der Waals surface area contributed by atoms with Gasteiger partial charge in [0.25, 0.3) is 0 Å². The van der Waals surface area contributed by atoms with Crippen LogP contribution >= 0.6 is 0 Å². The van der Waals surface area contributed by atoms with Crippen LogP contribution in [0.4, 0.5) is 0 Å². The van der Waals surface area contributed by atoms with Crippen LogP contribution in [0.3, 0.4) is 0 Å². The van der Waals surface area contributed by atoms with Gasteiger partial charge in [-0.3, -0.25) is 0 Å². The van der Waals surface area contributed by atoms with Gasteiger partial charge in [-0.15, -0.1) is 0 Å². The number of rotatable bonds is 3. The number of hydrogen-bond acceptors (Lipinski definition) is 1. The van der Waals surface area contributed by atoms with E-state index in [9.17, 15) is 0 Å². The van der Waals surface area contributed by atoms with Crippen LogP contribution in [0.15, 0.2) is 132 Å². The molecular formula is C39H30OSi. The van der Waals surface area contributed by atoms with Crippen LogP contribution in [0.2, 0.25) is 19.6 Å². The fraction of sp³-hybridized carbons (Fsp3) is 0.0769. The molecule has 0 spiro atoms. The smallest absolute Gasteiger partial charge is 0.143 e. The largest absolute Gasteiger partial charge is 0.455 e. The van der Waals surface area contributed by atoms with E-state index in [-0.39, 0.29) is 0 Å². The van der Waals surface area contributed by atoms with Gasteiger partial charge in [0.05, 0.1) is 8.07 Å². The van der Waals surface area contributed by atoms with Crippen LogP contribution < -0.4 is 5.19 Å². The molecule has 0 saturated carbocycles. The Bertz CT molecular complexity index is 2280. The van der Waals surface area contributed by atoms with E-state index < -0.39 is 8.07 Å². The molecule has 8 rings (SSSR count). The molecule has 0 N–H and O–H groups in total. The average Bonchev–Trinajstić information content (AvgIpc) is 3.40. The zero-order chi connectivity index (χ0) is 27.7. The summed E-state index contributed by atoms with van der Waals surface area (Å²) < 4.78 is 6.68. The third-order valence-corrected chi connectivity index (χ3v) is 10.7. The lowest BCUT2D eigenvalue weighted by atomic mass is 9.93. The number of hydrogen-bond donors (Lipinski definition) is 0. The molecule has 196 valence electrons. The van der Waals surface area contributed by atoms with Gasteiger partial charge in [-0.05, 0) is 67.4 Å². The molecule has 0 unspecified atom stereocenters. The Morgan fingerprint density at radius 2 is 1.12 bits per heavy atom. The fourth-order valence-electron chi connectivity index (χ4n) is 6.42. The van der Waals surface area contributed by atoms with Gasteiger partial charge in [0.2, 0.25) is 0 Å². The van der Waals surface area contributed by atoms with E-state index in [2.05, 4.69) is 147 Å². The minimum atomic E-state index is -1.45. The standard InChI is InChI=1S/C39H30OSi/c1-41(2,3)29-20-22-35-37(24-29)40-39-34-21-19-28(23-36(34)32-12-6-7-13-33(32)38(35)39)25-15-17-27(18-16-25)31-14-8-10-26-9-4-5-11-30(26)31/h4-24H,1-3H3. The van der Waals surface area contributed by atoms with E-state index in [0.29, 0.717) is 0 Å². The summed E-state index contributed by atoms with van der Waals surface area (Å²) in [4.78, 5) is 0. The molecule has 0 aliphatic rings. The molecule has 1 heterocycles. The Morgan fingerprint density at radius 3 is 1.93 bits per heavy atom. The van der Waals surface area contributed by atoms with Gasteiger partial charge in [-0.25, -0.2) is 0 Å². The predicted molar refractivity (Wildman–Crippen MR) is 180 cm³/mol. The van der Waals surface area contributed by atoms with Gasteiger partial charge in [0, 0.05) is 16.2 Å². The summed E-state index contributed by atoms with van der Waals surface area (Å²) >= 11 is 0. The summed E-state index contributed by atoms with van der Waals surface area (Å²) in [6, 6.07) is 46.6. The normalized spacial score (nSPS) is 12.3. The summed E-state index contributed by atoms with van der Waals surface area (Å²) in [5.41, 5.74) is 6.90. The Kier molecular flexibility index (Phi) is 5.26. The lowest BCUT2D eigenvalue weighted by molar-refractivity contribution is 0.673. The lowest BCUT2D eigenvalue weighted by Gasteiger charge is -2.15. The highest BCUT2D eigenvalue weighted by atomic mass is 28.3. The molecule has 0 radical (unpaired) electrons. The van der Waals surface area contributed by atoms with Gasteiger partial charge < -0.3 is 4.42 Å². The second-order valence-electron chi connectivity index (χ2n) is 12.2. The van der Waals surface area contributed by atoms with Crippen LogP contribution in [-0.2, 0) is 0 Å². The Morgan fingerprint density at radius 1 is 0.463 bits per heavy atom. The highest BCUT2D eigenvalue weighted by Crippen LogP contribution is 2.42. The maximum atomic E-state index is 6.68. The van der Waals surface area contributed by atoms with E-state index in [1.165, 1.54) is 70.5 Å². The lowest BCUT2D eigenvalue weighted by Crippen LogP contribution is -2.37. The molecule has 1 nitrogen and oxygen atoms in total. The molecule has 0 aliphatic heterocycles. The molecule has 0 amide bonds. The van der Waals surface area contributed by atoms with Crippen molar-refractivity contribution in [2.24, 2.45) is 0 Å². The van der Waals surface area contributed by atoms with E-state index >= 15 is 0 Å². The van der Waals surface area contributed by atoms with Crippen molar-refractivity contribution in [2.45, 2.75) is 19.6 Å². The van der Waals surface area contributed by atoms with E-state index in [0.717, 1.165) is 11.2 Å². The van der Waals surface area contributed by atoms with Gasteiger partial charge in [-0.1, -0.05) is 134 Å². The molecule has 2 heteroatoms. The van der Waals surface area contributed by atoms with Gasteiger partial charge >= 0.3 is 0 Å². The first-order valence-electron chi connectivity index (χ1n) is 14.4. The average molecular weight is 543 g/mol. The second kappa shape index (κ2) is 8.92. The van der Waals surface area contributed by atoms with Crippen molar-refractivity contribution in [3.63, 3.8) is 0 Å². The summed E-state index contributed by atoms with van der Waals surface area (Å²) in [5, 5.41) is 11.3. The summed E-state index contributed by atoms with van der Waals surface area (Å²) in [5.74, 6) is 0. The van der Waals surface area contributed by atoms with E-state index in [1.54, 1.807) is 0 Å². The molecule has 1 aromatic heterocycles. The zero-order valence-corrected chi connectivity index (χ0v) is 24.5. The zero-order valence-electron chi connectivity index (χ0n) is 23.5. The van der Waals surface area contributed by atoms with Crippen molar-refractivity contribution in [2.75, 3.05) is 0 Å². The minimum Gasteiger partial charge on any atom is -0.455 e. The molecule has 0 atom stereocenters. The maximum absolute atomic E-state index is 6.68. The fourth-order valence-corrected chi connectivity index (χ4v) is 7.57. The monoisotopic (exact) mass is 542 g/mol. The number of furan rings is 1. The first-order valence-corrected chi connectivity index (χ1v) is 17.9. The molecule has 0 bridgehead atoms. The molecule has 7 aromatic carbocycles. The summed E-state index contributed by atoms with van der Waals surface area (Å²) in [7, 11) is -1.45. The number of benzene rings is 7. The van der Waals surface area contributed by atoms with Crippen molar-refractivity contribution in [3.8, 4) is 22.3 Å². The van der Waals surface area contributed by atoms with E-state index in [4.69, 9.17) is 4.42 Å². The quantitative estimate of drug-likeness (QED) is 0.160. The third kappa shape index (κ3) is 3.82. The topological polar surface area (TPSA) is 13.1 Å². The molecule has 0 aliphatic carbocycles. The maximum Gasteiger partial charge on any atom is 0.143 e. The van der Waals surface area contributed by atoms with Crippen LogP contribution in [0.1, 0.15) is 0 Å².